The van der Waals surface area contributed by atoms with Crippen molar-refractivity contribution in [3.63, 3.8) is 0 Å². The lowest BCUT2D eigenvalue weighted by molar-refractivity contribution is 0.252. The van der Waals surface area contributed by atoms with Gasteiger partial charge in [0.1, 0.15) is 0 Å². The van der Waals surface area contributed by atoms with E-state index < -0.39 is 16.1 Å². The van der Waals surface area contributed by atoms with Crippen LogP contribution in [0.1, 0.15) is 18.1 Å². The first-order valence-electron chi connectivity index (χ1n) is 6.38. The Morgan fingerprint density at radius 3 is 2.62 bits per heavy atom. The molecule has 1 aromatic carbocycles. The van der Waals surface area contributed by atoms with Crippen LogP contribution in [0.2, 0.25) is 0 Å². The van der Waals surface area contributed by atoms with E-state index in [-0.39, 0.29) is 13.1 Å². The number of carbonyl (C=O) groups is 1. The number of nitriles is 1. The Kier molecular flexibility index (Phi) is 6.14. The first-order chi connectivity index (χ1) is 9.85. The number of benzene rings is 1. The highest BCUT2D eigenvalue weighted by molar-refractivity contribution is 7.88. The maximum Gasteiger partial charge on any atom is 0.319 e. The van der Waals surface area contributed by atoms with Gasteiger partial charge in [0, 0.05) is 18.8 Å². The number of carbonyl (C=O) groups excluding carboxylic acids is 1. The van der Waals surface area contributed by atoms with E-state index in [1.807, 2.05) is 13.0 Å². The molecule has 8 heteroatoms. The van der Waals surface area contributed by atoms with Crippen LogP contribution in [-0.2, 0) is 16.4 Å². The van der Waals surface area contributed by atoms with Gasteiger partial charge in [0.25, 0.3) is 0 Å². The Morgan fingerprint density at radius 1 is 1.33 bits per heavy atom. The van der Waals surface area contributed by atoms with E-state index in [2.05, 4.69) is 15.4 Å². The molecule has 3 N–H and O–H groups in total. The van der Waals surface area contributed by atoms with Gasteiger partial charge in [-0.2, -0.15) is 5.26 Å². The molecule has 0 aromatic heterocycles. The standard InChI is InChI=1S/C13H18N4O3S/c1-3-11-8-10(9-14)4-5-12(11)17-13(18)15-6-7-16-21(2,19)20/h4-5,8,16H,3,6-7H2,1-2H3,(H2,15,17,18). The van der Waals surface area contributed by atoms with Crippen LogP contribution in [0.3, 0.4) is 0 Å². The molecule has 1 rings (SSSR count). The lowest BCUT2D eigenvalue weighted by atomic mass is 10.1. The average Bonchev–Trinajstić information content (AvgIpc) is 2.43. The summed E-state index contributed by atoms with van der Waals surface area (Å²) in [7, 11) is -3.25. The van der Waals surface area contributed by atoms with Gasteiger partial charge in [-0.1, -0.05) is 6.92 Å². The van der Waals surface area contributed by atoms with Gasteiger partial charge in [-0.05, 0) is 30.2 Å². The summed E-state index contributed by atoms with van der Waals surface area (Å²) in [4.78, 5) is 11.7. The highest BCUT2D eigenvalue weighted by Gasteiger charge is 2.07. The molecule has 0 aliphatic heterocycles. The molecule has 0 aliphatic carbocycles. The predicted molar refractivity (Wildman–Crippen MR) is 80.4 cm³/mol. The van der Waals surface area contributed by atoms with Gasteiger partial charge in [-0.25, -0.2) is 17.9 Å². The molecular formula is C13H18N4O3S. The van der Waals surface area contributed by atoms with E-state index in [0.717, 1.165) is 11.8 Å². The Hall–Kier alpha value is -2.11. The third-order valence-electron chi connectivity index (χ3n) is 2.64. The van der Waals surface area contributed by atoms with Crippen molar-refractivity contribution in [2.24, 2.45) is 0 Å². The van der Waals surface area contributed by atoms with Crippen molar-refractivity contribution in [1.29, 1.82) is 5.26 Å². The van der Waals surface area contributed by atoms with Crippen LogP contribution in [0.25, 0.3) is 0 Å². The molecule has 0 spiro atoms. The Labute approximate surface area is 124 Å². The quantitative estimate of drug-likeness (QED) is 0.674. The maximum atomic E-state index is 11.7. The van der Waals surface area contributed by atoms with Crippen LogP contribution in [0.15, 0.2) is 18.2 Å². The molecule has 0 aliphatic rings. The molecule has 7 nitrogen and oxygen atoms in total. The van der Waals surface area contributed by atoms with Gasteiger partial charge in [-0.3, -0.25) is 0 Å². The summed E-state index contributed by atoms with van der Waals surface area (Å²) < 4.78 is 24.0. The van der Waals surface area contributed by atoms with E-state index in [1.165, 1.54) is 0 Å². The zero-order valence-corrected chi connectivity index (χ0v) is 12.8. The molecule has 0 heterocycles. The molecule has 0 unspecified atom stereocenters. The number of anilines is 1. The van der Waals surface area contributed by atoms with Gasteiger partial charge >= 0.3 is 6.03 Å². The number of hydrogen-bond donors (Lipinski definition) is 3. The van der Waals surface area contributed by atoms with E-state index in [9.17, 15) is 13.2 Å². The summed E-state index contributed by atoms with van der Waals surface area (Å²) >= 11 is 0. The number of nitrogens with zero attached hydrogens (tertiary/aromatic N) is 1. The number of urea groups is 1. The molecule has 0 fully saturated rings. The number of sulfonamides is 1. The molecule has 21 heavy (non-hydrogen) atoms. The predicted octanol–water partition coefficient (Wildman–Crippen LogP) is 0.791. The SMILES string of the molecule is CCc1cc(C#N)ccc1NC(=O)NCCNS(C)(=O)=O. The second-order valence-electron chi connectivity index (χ2n) is 4.38. The summed E-state index contributed by atoms with van der Waals surface area (Å²) in [5.74, 6) is 0. The number of amides is 2. The summed E-state index contributed by atoms with van der Waals surface area (Å²) in [6.45, 7) is 2.23. The van der Waals surface area contributed by atoms with E-state index in [1.54, 1.807) is 18.2 Å². The van der Waals surface area contributed by atoms with Crippen molar-refractivity contribution in [2.75, 3.05) is 24.7 Å². The van der Waals surface area contributed by atoms with E-state index in [4.69, 9.17) is 5.26 Å². The monoisotopic (exact) mass is 310 g/mol. The van der Waals surface area contributed by atoms with E-state index >= 15 is 0 Å². The van der Waals surface area contributed by atoms with Crippen molar-refractivity contribution in [3.8, 4) is 6.07 Å². The first kappa shape index (κ1) is 16.9. The lowest BCUT2D eigenvalue weighted by Crippen LogP contribution is -2.36. The van der Waals surface area contributed by atoms with Gasteiger partial charge in [-0.15, -0.1) is 0 Å². The first-order valence-corrected chi connectivity index (χ1v) is 8.27. The molecule has 0 atom stereocenters. The highest BCUT2D eigenvalue weighted by atomic mass is 32.2. The molecular weight excluding hydrogens is 292 g/mol. The third-order valence-corrected chi connectivity index (χ3v) is 3.37. The minimum Gasteiger partial charge on any atom is -0.337 e. The molecule has 0 bridgehead atoms. The van der Waals surface area contributed by atoms with Crippen LogP contribution in [0.4, 0.5) is 10.5 Å². The van der Waals surface area contributed by atoms with Crippen molar-refractivity contribution in [1.82, 2.24) is 10.0 Å². The molecule has 114 valence electrons. The average molecular weight is 310 g/mol. The van der Waals surface area contributed by atoms with Gasteiger partial charge in [0.2, 0.25) is 10.0 Å². The van der Waals surface area contributed by atoms with Crippen LogP contribution in [0, 0.1) is 11.3 Å². The second kappa shape index (κ2) is 7.61. The molecule has 1 aromatic rings. The smallest absolute Gasteiger partial charge is 0.319 e. The van der Waals surface area contributed by atoms with Crippen LogP contribution in [-0.4, -0.2) is 33.8 Å². The lowest BCUT2D eigenvalue weighted by Gasteiger charge is -2.11. The second-order valence-corrected chi connectivity index (χ2v) is 6.22. The minimum absolute atomic E-state index is 0.125. The fourth-order valence-corrected chi connectivity index (χ4v) is 2.13. The van der Waals surface area contributed by atoms with Gasteiger partial charge in [0.05, 0.1) is 17.9 Å². The molecule has 0 radical (unpaired) electrons. The zero-order valence-electron chi connectivity index (χ0n) is 11.9. The van der Waals surface area contributed by atoms with Crippen LogP contribution < -0.4 is 15.4 Å². The third kappa shape index (κ3) is 6.25. The Morgan fingerprint density at radius 2 is 2.05 bits per heavy atom. The maximum absolute atomic E-state index is 11.7. The minimum atomic E-state index is -3.25. The van der Waals surface area contributed by atoms with Crippen molar-refractivity contribution < 1.29 is 13.2 Å². The fraction of sp³-hybridized carbons (Fsp3) is 0.385. The Balaban J connectivity index is 2.53. The van der Waals surface area contributed by atoms with Crippen molar-refractivity contribution in [2.45, 2.75) is 13.3 Å². The molecule has 0 saturated heterocycles. The summed E-state index contributed by atoms with van der Waals surface area (Å²) in [6, 6.07) is 6.64. The van der Waals surface area contributed by atoms with Crippen molar-refractivity contribution >= 4 is 21.7 Å². The number of nitrogens with one attached hydrogen (secondary N) is 3. The summed E-state index contributed by atoms with van der Waals surface area (Å²) in [5.41, 5.74) is 2.03. The highest BCUT2D eigenvalue weighted by Crippen LogP contribution is 2.17. The van der Waals surface area contributed by atoms with Crippen molar-refractivity contribution in [3.05, 3.63) is 29.3 Å². The number of aryl methyl sites for hydroxylation is 1. The zero-order chi connectivity index (χ0) is 15.9. The normalized spacial score (nSPS) is 10.7. The van der Waals surface area contributed by atoms with Gasteiger partial charge in [0.15, 0.2) is 0 Å². The van der Waals surface area contributed by atoms with Crippen LogP contribution in [0.5, 0.6) is 0 Å². The Bertz CT molecular complexity index is 650. The fourth-order valence-electron chi connectivity index (χ4n) is 1.66. The number of rotatable bonds is 6. The summed E-state index contributed by atoms with van der Waals surface area (Å²) in [5, 5.41) is 14.0. The molecule has 0 saturated carbocycles. The topological polar surface area (TPSA) is 111 Å². The van der Waals surface area contributed by atoms with Gasteiger partial charge < -0.3 is 10.6 Å². The summed E-state index contributed by atoms with van der Waals surface area (Å²) in [6.07, 6.45) is 1.73. The largest absolute Gasteiger partial charge is 0.337 e. The van der Waals surface area contributed by atoms with Crippen LogP contribution >= 0.6 is 0 Å². The van der Waals surface area contributed by atoms with E-state index in [0.29, 0.717) is 17.7 Å². The number of hydrogen-bond acceptors (Lipinski definition) is 4. The molecule has 2 amide bonds.